The van der Waals surface area contributed by atoms with Gasteiger partial charge in [0.05, 0.1) is 4.92 Å². The largest absolute Gasteiger partial charge is 0.481 e. The van der Waals surface area contributed by atoms with Crippen molar-refractivity contribution in [2.24, 2.45) is 0 Å². The fourth-order valence-corrected chi connectivity index (χ4v) is 2.47. The maximum atomic E-state index is 10.6. The van der Waals surface area contributed by atoms with E-state index in [4.69, 9.17) is 5.11 Å². The second-order valence-electron chi connectivity index (χ2n) is 5.10. The minimum atomic E-state index is -0.750. The number of carbonyl (C=O) groups is 1. The van der Waals surface area contributed by atoms with E-state index in [0.717, 1.165) is 38.4 Å². The Labute approximate surface area is 122 Å². The molecule has 0 unspecified atom stereocenters. The summed E-state index contributed by atoms with van der Waals surface area (Å²) in [7, 11) is 0. The third-order valence-electron chi connectivity index (χ3n) is 3.66. The first-order chi connectivity index (χ1) is 10.1. The number of anilines is 1. The van der Waals surface area contributed by atoms with Gasteiger partial charge in [0.15, 0.2) is 0 Å². The van der Waals surface area contributed by atoms with Crippen LogP contribution in [-0.2, 0) is 4.79 Å². The third kappa shape index (κ3) is 4.42. The molecule has 0 saturated carbocycles. The number of hydrogen-bond donors (Lipinski definition) is 1. The summed E-state index contributed by atoms with van der Waals surface area (Å²) >= 11 is 0. The van der Waals surface area contributed by atoms with Gasteiger partial charge in [0.25, 0.3) is 5.69 Å². The minimum absolute atomic E-state index is 0.103. The lowest BCUT2D eigenvalue weighted by molar-refractivity contribution is -0.384. The molecule has 0 amide bonds. The molecule has 0 spiro atoms. The second-order valence-corrected chi connectivity index (χ2v) is 5.10. The van der Waals surface area contributed by atoms with Crippen LogP contribution >= 0.6 is 0 Å². The third-order valence-corrected chi connectivity index (χ3v) is 3.66. The molecule has 1 aliphatic heterocycles. The van der Waals surface area contributed by atoms with Gasteiger partial charge in [0.2, 0.25) is 0 Å². The molecule has 0 bridgehead atoms. The van der Waals surface area contributed by atoms with Crippen LogP contribution in [0.3, 0.4) is 0 Å². The summed E-state index contributed by atoms with van der Waals surface area (Å²) in [6.45, 7) is 4.28. The number of aliphatic carboxylic acids is 1. The summed E-state index contributed by atoms with van der Waals surface area (Å²) in [5.41, 5.74) is 1.09. The number of nitro groups is 1. The van der Waals surface area contributed by atoms with E-state index in [1.165, 1.54) is 12.1 Å². The Morgan fingerprint density at radius 3 is 2.33 bits per heavy atom. The number of nitro benzene ring substituents is 1. The normalized spacial score (nSPS) is 15.9. The molecule has 0 atom stereocenters. The van der Waals surface area contributed by atoms with E-state index in [2.05, 4.69) is 9.80 Å². The quantitative estimate of drug-likeness (QED) is 0.633. The summed E-state index contributed by atoms with van der Waals surface area (Å²) < 4.78 is 0. The van der Waals surface area contributed by atoms with E-state index < -0.39 is 10.9 Å². The Morgan fingerprint density at radius 1 is 1.19 bits per heavy atom. The molecule has 1 heterocycles. The molecule has 0 radical (unpaired) electrons. The summed E-state index contributed by atoms with van der Waals surface area (Å²) in [6.07, 6.45) is 0.884. The second kappa shape index (κ2) is 7.03. The molecular weight excluding hydrogens is 274 g/mol. The van der Waals surface area contributed by atoms with Crippen molar-refractivity contribution >= 4 is 17.3 Å². The Morgan fingerprint density at radius 2 is 1.81 bits per heavy atom. The Kier molecular flexibility index (Phi) is 5.10. The highest BCUT2D eigenvalue weighted by atomic mass is 16.6. The van der Waals surface area contributed by atoms with Gasteiger partial charge in [-0.15, -0.1) is 0 Å². The predicted molar refractivity (Wildman–Crippen MR) is 78.6 cm³/mol. The Hall–Kier alpha value is -2.15. The highest BCUT2D eigenvalue weighted by Gasteiger charge is 2.17. The molecule has 1 aromatic carbocycles. The van der Waals surface area contributed by atoms with E-state index >= 15 is 0 Å². The number of benzene rings is 1. The summed E-state index contributed by atoms with van der Waals surface area (Å²) in [5.74, 6) is -0.750. The van der Waals surface area contributed by atoms with Gasteiger partial charge in [0.1, 0.15) is 0 Å². The monoisotopic (exact) mass is 293 g/mol. The van der Waals surface area contributed by atoms with Crippen molar-refractivity contribution in [1.29, 1.82) is 0 Å². The van der Waals surface area contributed by atoms with Gasteiger partial charge >= 0.3 is 5.97 Å². The van der Waals surface area contributed by atoms with Crippen molar-refractivity contribution in [3.63, 3.8) is 0 Å². The van der Waals surface area contributed by atoms with Gasteiger partial charge in [-0.25, -0.2) is 0 Å². The van der Waals surface area contributed by atoms with Crippen LogP contribution in [-0.4, -0.2) is 53.6 Å². The van der Waals surface area contributed by atoms with Gasteiger partial charge in [-0.1, -0.05) is 0 Å². The highest BCUT2D eigenvalue weighted by Crippen LogP contribution is 2.20. The molecule has 2 rings (SSSR count). The topological polar surface area (TPSA) is 86.9 Å². The van der Waals surface area contributed by atoms with E-state index in [-0.39, 0.29) is 12.1 Å². The summed E-state index contributed by atoms with van der Waals surface area (Å²) in [6, 6.07) is 6.60. The van der Waals surface area contributed by atoms with Gasteiger partial charge in [-0.3, -0.25) is 19.8 Å². The van der Waals surface area contributed by atoms with Crippen molar-refractivity contribution in [2.75, 3.05) is 37.6 Å². The molecule has 1 aliphatic rings. The van der Waals surface area contributed by atoms with Crippen LogP contribution in [0.2, 0.25) is 0 Å². The van der Waals surface area contributed by atoms with Crippen LogP contribution in [0.1, 0.15) is 12.8 Å². The van der Waals surface area contributed by atoms with E-state index in [9.17, 15) is 14.9 Å². The molecule has 7 heteroatoms. The van der Waals surface area contributed by atoms with Gasteiger partial charge in [-0.2, -0.15) is 0 Å². The fraction of sp³-hybridized carbons (Fsp3) is 0.500. The lowest BCUT2D eigenvalue weighted by Crippen LogP contribution is -2.46. The zero-order valence-electron chi connectivity index (χ0n) is 11.8. The minimum Gasteiger partial charge on any atom is -0.481 e. The first-order valence-corrected chi connectivity index (χ1v) is 7.00. The molecular formula is C14H19N3O4. The van der Waals surface area contributed by atoms with Crippen LogP contribution in [0.5, 0.6) is 0 Å². The van der Waals surface area contributed by atoms with Crippen molar-refractivity contribution in [2.45, 2.75) is 12.8 Å². The smallest absolute Gasteiger partial charge is 0.303 e. The molecule has 7 nitrogen and oxygen atoms in total. The molecule has 1 fully saturated rings. The Bertz CT molecular complexity index is 495. The number of carboxylic acids is 1. The van der Waals surface area contributed by atoms with Gasteiger partial charge < -0.3 is 10.0 Å². The van der Waals surface area contributed by atoms with E-state index in [0.29, 0.717) is 6.42 Å². The number of carboxylic acid groups (broad SMARTS) is 1. The molecule has 0 aliphatic carbocycles. The van der Waals surface area contributed by atoms with Crippen molar-refractivity contribution in [1.82, 2.24) is 4.90 Å². The lowest BCUT2D eigenvalue weighted by Gasteiger charge is -2.36. The van der Waals surface area contributed by atoms with E-state index in [1.54, 1.807) is 12.1 Å². The van der Waals surface area contributed by atoms with Crippen LogP contribution in [0.15, 0.2) is 24.3 Å². The SMILES string of the molecule is O=C(O)CCCN1CCN(c2ccc([N+](=O)[O-])cc2)CC1. The van der Waals surface area contributed by atoms with E-state index in [1.807, 2.05) is 0 Å². The number of rotatable bonds is 6. The van der Waals surface area contributed by atoms with Crippen LogP contribution in [0.4, 0.5) is 11.4 Å². The fourth-order valence-electron chi connectivity index (χ4n) is 2.47. The molecule has 0 aromatic heterocycles. The van der Waals surface area contributed by atoms with Crippen molar-refractivity contribution in [3.8, 4) is 0 Å². The summed E-state index contributed by atoms with van der Waals surface area (Å²) in [5, 5.41) is 19.2. The van der Waals surface area contributed by atoms with Gasteiger partial charge in [0, 0.05) is 50.4 Å². The van der Waals surface area contributed by atoms with Crippen molar-refractivity contribution < 1.29 is 14.8 Å². The maximum Gasteiger partial charge on any atom is 0.303 e. The molecule has 1 aromatic rings. The maximum absolute atomic E-state index is 10.6. The number of hydrogen-bond acceptors (Lipinski definition) is 5. The van der Waals surface area contributed by atoms with Crippen LogP contribution in [0.25, 0.3) is 0 Å². The molecule has 1 saturated heterocycles. The van der Waals surface area contributed by atoms with Crippen LogP contribution < -0.4 is 4.90 Å². The zero-order valence-corrected chi connectivity index (χ0v) is 11.8. The standard InChI is InChI=1S/C14H19N3O4/c18-14(19)2-1-7-15-8-10-16(11-9-15)12-3-5-13(6-4-12)17(20)21/h3-6H,1-2,7-11H2,(H,18,19). The predicted octanol–water partition coefficient (Wildman–Crippen LogP) is 1.58. The molecule has 1 N–H and O–H groups in total. The number of non-ortho nitro benzene ring substituents is 1. The van der Waals surface area contributed by atoms with Gasteiger partial charge in [-0.05, 0) is 25.1 Å². The number of nitrogens with zero attached hydrogens (tertiary/aromatic N) is 3. The average molecular weight is 293 g/mol. The first kappa shape index (κ1) is 15.2. The highest BCUT2D eigenvalue weighted by molar-refractivity contribution is 5.66. The summed E-state index contributed by atoms with van der Waals surface area (Å²) in [4.78, 5) is 25.2. The van der Waals surface area contributed by atoms with Crippen LogP contribution in [0, 0.1) is 10.1 Å². The Balaban J connectivity index is 1.80. The van der Waals surface area contributed by atoms with Crippen molar-refractivity contribution in [3.05, 3.63) is 34.4 Å². The lowest BCUT2D eigenvalue weighted by atomic mass is 10.2. The average Bonchev–Trinajstić information content (AvgIpc) is 2.48. The first-order valence-electron chi connectivity index (χ1n) is 7.00. The zero-order chi connectivity index (χ0) is 15.2. The molecule has 114 valence electrons. The molecule has 21 heavy (non-hydrogen) atoms. The number of piperazine rings is 1.